The number of esters is 1. The van der Waals surface area contributed by atoms with Gasteiger partial charge in [0.05, 0.1) is 23.0 Å². The fourth-order valence-electron chi connectivity index (χ4n) is 3.88. The fourth-order valence-corrected chi connectivity index (χ4v) is 3.88. The smallest absolute Gasteiger partial charge is 0.338 e. The van der Waals surface area contributed by atoms with Crippen LogP contribution in [0.25, 0.3) is 0 Å². The molecule has 0 spiro atoms. The number of carbonyl (C=O) groups is 3. The number of ether oxygens (including phenoxy) is 1. The van der Waals surface area contributed by atoms with Crippen LogP contribution in [0.4, 0.5) is 11.4 Å². The molecule has 2 aromatic rings. The lowest BCUT2D eigenvalue weighted by Crippen LogP contribution is -2.43. The quantitative estimate of drug-likeness (QED) is 0.763. The fraction of sp³-hybridized carbons (Fsp3) is 0.318. The first-order chi connectivity index (χ1) is 14.0. The molecule has 150 valence electrons. The number of fused-ring (bicyclic) bond motifs is 3. The van der Waals surface area contributed by atoms with Crippen LogP contribution in [-0.4, -0.2) is 37.0 Å². The van der Waals surface area contributed by atoms with Crippen LogP contribution in [0.2, 0.25) is 0 Å². The summed E-state index contributed by atoms with van der Waals surface area (Å²) in [6.07, 6.45) is 1.81. The van der Waals surface area contributed by atoms with Gasteiger partial charge in [-0.2, -0.15) is 0 Å². The molecule has 2 N–H and O–H groups in total. The van der Waals surface area contributed by atoms with Crippen LogP contribution < -0.4 is 15.5 Å². The van der Waals surface area contributed by atoms with E-state index in [1.807, 2.05) is 43.3 Å². The van der Waals surface area contributed by atoms with Crippen molar-refractivity contribution >= 4 is 29.2 Å². The van der Waals surface area contributed by atoms with Crippen LogP contribution in [0.1, 0.15) is 41.7 Å². The summed E-state index contributed by atoms with van der Waals surface area (Å²) >= 11 is 0. The number of carbonyl (C=O) groups excluding carboxylic acids is 3. The number of anilines is 2. The third-order valence-corrected chi connectivity index (χ3v) is 5.37. The van der Waals surface area contributed by atoms with Gasteiger partial charge in [-0.1, -0.05) is 30.3 Å². The van der Waals surface area contributed by atoms with Gasteiger partial charge in [0.1, 0.15) is 6.04 Å². The van der Waals surface area contributed by atoms with Crippen LogP contribution in [-0.2, 0) is 14.3 Å². The normalized spacial score (nSPS) is 18.3. The number of hydrogen-bond acceptors (Lipinski definition) is 5. The third kappa shape index (κ3) is 3.94. The highest BCUT2D eigenvalue weighted by molar-refractivity contribution is 6.05. The van der Waals surface area contributed by atoms with E-state index in [2.05, 4.69) is 15.5 Å². The second-order valence-electron chi connectivity index (χ2n) is 7.35. The van der Waals surface area contributed by atoms with Gasteiger partial charge < -0.3 is 20.3 Å². The number of nitrogens with one attached hydrogen (secondary N) is 2. The van der Waals surface area contributed by atoms with Crippen molar-refractivity contribution in [2.75, 3.05) is 23.4 Å². The van der Waals surface area contributed by atoms with E-state index in [-0.39, 0.29) is 30.5 Å². The number of nitrogens with zero attached hydrogens (tertiary/aromatic N) is 1. The molecule has 4 rings (SSSR count). The largest absolute Gasteiger partial charge is 0.452 e. The lowest BCUT2D eigenvalue weighted by Gasteiger charge is -2.33. The Balaban J connectivity index is 1.36. The SMILES string of the molecule is CC(NC(=O)COC(=O)c1ccc2c(c1)NC(=O)C1CCCN21)c1ccccc1. The van der Waals surface area contributed by atoms with Gasteiger partial charge in [-0.25, -0.2) is 4.79 Å². The molecule has 2 heterocycles. The average Bonchev–Trinajstić information content (AvgIpc) is 3.23. The third-order valence-electron chi connectivity index (χ3n) is 5.37. The minimum absolute atomic E-state index is 0.0465. The number of benzene rings is 2. The van der Waals surface area contributed by atoms with E-state index in [1.165, 1.54) is 0 Å². The van der Waals surface area contributed by atoms with Gasteiger partial charge in [-0.05, 0) is 43.5 Å². The predicted molar refractivity (Wildman–Crippen MR) is 109 cm³/mol. The Kier molecular flexibility index (Phi) is 5.20. The zero-order valence-electron chi connectivity index (χ0n) is 16.2. The first kappa shape index (κ1) is 19.0. The lowest BCUT2D eigenvalue weighted by atomic mass is 10.1. The van der Waals surface area contributed by atoms with E-state index >= 15 is 0 Å². The van der Waals surface area contributed by atoms with Crippen LogP contribution in [0.5, 0.6) is 0 Å². The average molecular weight is 393 g/mol. The first-order valence-electron chi connectivity index (χ1n) is 9.76. The molecule has 1 fully saturated rings. The summed E-state index contributed by atoms with van der Waals surface area (Å²) in [6, 6.07) is 14.3. The van der Waals surface area contributed by atoms with Crippen molar-refractivity contribution in [3.63, 3.8) is 0 Å². The molecule has 0 radical (unpaired) electrons. The second kappa shape index (κ2) is 7.95. The summed E-state index contributed by atoms with van der Waals surface area (Å²) in [4.78, 5) is 38.8. The standard InChI is InChI=1S/C22H23N3O4/c1-14(15-6-3-2-4-7-15)23-20(26)13-29-22(28)16-9-10-18-17(12-16)24-21(27)19-8-5-11-25(18)19/h2-4,6-7,9-10,12,14,19H,5,8,11,13H2,1H3,(H,23,26)(H,24,27). The molecule has 2 atom stereocenters. The van der Waals surface area contributed by atoms with Crippen LogP contribution in [0.3, 0.4) is 0 Å². The Bertz CT molecular complexity index is 944. The maximum Gasteiger partial charge on any atom is 0.338 e. The van der Waals surface area contributed by atoms with Crippen LogP contribution in [0.15, 0.2) is 48.5 Å². The highest BCUT2D eigenvalue weighted by Crippen LogP contribution is 2.37. The predicted octanol–water partition coefficient (Wildman–Crippen LogP) is 2.64. The molecular formula is C22H23N3O4. The Morgan fingerprint density at radius 1 is 1.24 bits per heavy atom. The zero-order chi connectivity index (χ0) is 20.4. The van der Waals surface area contributed by atoms with Gasteiger partial charge in [0.25, 0.3) is 5.91 Å². The molecule has 0 saturated carbocycles. The molecule has 7 heteroatoms. The van der Waals surface area contributed by atoms with E-state index < -0.39 is 5.97 Å². The summed E-state index contributed by atoms with van der Waals surface area (Å²) in [6.45, 7) is 2.33. The molecule has 0 aromatic heterocycles. The van der Waals surface area contributed by atoms with Gasteiger partial charge in [-0.15, -0.1) is 0 Å². The zero-order valence-corrected chi connectivity index (χ0v) is 16.2. The Hall–Kier alpha value is -3.35. The van der Waals surface area contributed by atoms with Gasteiger partial charge >= 0.3 is 5.97 Å². The van der Waals surface area contributed by atoms with E-state index in [9.17, 15) is 14.4 Å². The summed E-state index contributed by atoms with van der Waals surface area (Å²) in [7, 11) is 0. The van der Waals surface area contributed by atoms with Crippen molar-refractivity contribution in [3.05, 3.63) is 59.7 Å². The molecule has 0 bridgehead atoms. The van der Waals surface area contributed by atoms with Gasteiger partial charge in [0.15, 0.2) is 6.61 Å². The summed E-state index contributed by atoms with van der Waals surface area (Å²) in [5.41, 5.74) is 2.78. The molecule has 1 saturated heterocycles. The van der Waals surface area contributed by atoms with E-state index in [4.69, 9.17) is 4.74 Å². The molecule has 2 amide bonds. The maximum atomic E-state index is 12.4. The molecule has 7 nitrogen and oxygen atoms in total. The van der Waals surface area contributed by atoms with E-state index in [1.54, 1.807) is 12.1 Å². The molecule has 2 aliphatic heterocycles. The molecular weight excluding hydrogens is 370 g/mol. The van der Waals surface area contributed by atoms with Crippen molar-refractivity contribution in [1.82, 2.24) is 5.32 Å². The Morgan fingerprint density at radius 3 is 2.83 bits per heavy atom. The van der Waals surface area contributed by atoms with Crippen molar-refractivity contribution in [3.8, 4) is 0 Å². The second-order valence-corrected chi connectivity index (χ2v) is 7.35. The van der Waals surface area contributed by atoms with Gasteiger partial charge in [0, 0.05) is 6.54 Å². The first-order valence-corrected chi connectivity index (χ1v) is 9.76. The summed E-state index contributed by atoms with van der Waals surface area (Å²) in [5, 5.41) is 5.67. The molecule has 0 aliphatic carbocycles. The monoisotopic (exact) mass is 393 g/mol. The number of rotatable bonds is 5. The van der Waals surface area contributed by atoms with Crippen molar-refractivity contribution in [2.45, 2.75) is 31.8 Å². The Morgan fingerprint density at radius 2 is 2.03 bits per heavy atom. The molecule has 2 unspecified atom stereocenters. The van der Waals surface area contributed by atoms with E-state index in [0.29, 0.717) is 11.3 Å². The number of amides is 2. The van der Waals surface area contributed by atoms with Crippen molar-refractivity contribution < 1.29 is 19.1 Å². The maximum absolute atomic E-state index is 12.4. The van der Waals surface area contributed by atoms with Crippen LogP contribution in [0, 0.1) is 0 Å². The minimum atomic E-state index is -0.604. The Labute approximate surface area is 169 Å². The van der Waals surface area contributed by atoms with E-state index in [0.717, 1.165) is 30.6 Å². The minimum Gasteiger partial charge on any atom is -0.452 e. The highest BCUT2D eigenvalue weighted by atomic mass is 16.5. The lowest BCUT2D eigenvalue weighted by molar-refractivity contribution is -0.124. The summed E-state index contributed by atoms with van der Waals surface area (Å²) in [5.74, 6) is -1.02. The number of hydrogen-bond donors (Lipinski definition) is 2. The topological polar surface area (TPSA) is 87.7 Å². The highest BCUT2D eigenvalue weighted by Gasteiger charge is 2.36. The van der Waals surface area contributed by atoms with Crippen LogP contribution >= 0.6 is 0 Å². The summed E-state index contributed by atoms with van der Waals surface area (Å²) < 4.78 is 5.15. The van der Waals surface area contributed by atoms with Gasteiger partial charge in [0.2, 0.25) is 5.91 Å². The molecule has 29 heavy (non-hydrogen) atoms. The van der Waals surface area contributed by atoms with Gasteiger partial charge in [-0.3, -0.25) is 9.59 Å². The molecule has 2 aliphatic rings. The van der Waals surface area contributed by atoms with Crippen molar-refractivity contribution in [1.29, 1.82) is 0 Å². The molecule has 2 aromatic carbocycles. The van der Waals surface area contributed by atoms with Crippen molar-refractivity contribution in [2.24, 2.45) is 0 Å².